The van der Waals surface area contributed by atoms with Crippen LogP contribution < -0.4 is 15.5 Å². The molecule has 0 aliphatic carbocycles. The van der Waals surface area contributed by atoms with E-state index >= 15 is 0 Å². The number of carbonyl (C=O) groups is 1. The number of rotatable bonds is 5. The van der Waals surface area contributed by atoms with Crippen molar-refractivity contribution in [2.45, 2.75) is 6.92 Å². The Labute approximate surface area is 178 Å². The van der Waals surface area contributed by atoms with Crippen LogP contribution in [-0.2, 0) is 0 Å². The number of fused-ring (bicyclic) bond motifs is 1. The van der Waals surface area contributed by atoms with Gasteiger partial charge < -0.3 is 4.74 Å². The number of nitro groups is 1. The Morgan fingerprint density at radius 2 is 2.00 bits per heavy atom. The molecule has 4 aromatic rings. The third-order valence-electron chi connectivity index (χ3n) is 4.45. The molecule has 2 aromatic carbocycles. The van der Waals surface area contributed by atoms with E-state index in [1.165, 1.54) is 40.3 Å². The van der Waals surface area contributed by atoms with E-state index in [2.05, 4.69) is 15.4 Å². The lowest BCUT2D eigenvalue weighted by Gasteiger charge is -2.11. The Balaban J connectivity index is 1.72. The number of amides is 1. The van der Waals surface area contributed by atoms with Crippen molar-refractivity contribution in [2.24, 2.45) is 0 Å². The van der Waals surface area contributed by atoms with Crippen LogP contribution in [0.4, 0.5) is 10.8 Å². The number of nitrogens with one attached hydrogen (secondary N) is 1. The van der Waals surface area contributed by atoms with Crippen LogP contribution in [0.15, 0.2) is 53.3 Å². The van der Waals surface area contributed by atoms with Crippen molar-refractivity contribution in [3.8, 4) is 11.4 Å². The molecule has 0 unspecified atom stereocenters. The Kier molecular flexibility index (Phi) is 5.17. The number of aryl methyl sites for hydroxylation is 1. The van der Waals surface area contributed by atoms with Crippen molar-refractivity contribution in [3.05, 3.63) is 80.3 Å². The second-order valence-corrected chi connectivity index (χ2v) is 7.49. The molecule has 0 bridgehead atoms. The van der Waals surface area contributed by atoms with E-state index < -0.39 is 22.0 Å². The predicted molar refractivity (Wildman–Crippen MR) is 115 cm³/mol. The third-order valence-corrected chi connectivity index (χ3v) is 5.38. The first-order chi connectivity index (χ1) is 14.9. The van der Waals surface area contributed by atoms with Crippen molar-refractivity contribution in [1.29, 1.82) is 0 Å². The Bertz CT molecular complexity index is 1390. The summed E-state index contributed by atoms with van der Waals surface area (Å²) < 4.78 is 7.18. The molecule has 1 amide bonds. The van der Waals surface area contributed by atoms with Gasteiger partial charge in [-0.3, -0.25) is 25.0 Å². The van der Waals surface area contributed by atoms with Gasteiger partial charge in [0.15, 0.2) is 10.8 Å². The van der Waals surface area contributed by atoms with Gasteiger partial charge in [-0.05, 0) is 31.2 Å². The van der Waals surface area contributed by atoms with Gasteiger partial charge in [-0.1, -0.05) is 23.5 Å². The molecule has 4 rings (SSSR count). The van der Waals surface area contributed by atoms with Crippen molar-refractivity contribution in [2.75, 3.05) is 12.4 Å². The van der Waals surface area contributed by atoms with E-state index in [9.17, 15) is 19.7 Å². The summed E-state index contributed by atoms with van der Waals surface area (Å²) in [5.41, 5.74) is -0.0502. The molecule has 0 fully saturated rings. The number of hydrogen-bond donors (Lipinski definition) is 1. The van der Waals surface area contributed by atoms with Crippen molar-refractivity contribution >= 4 is 38.3 Å². The minimum absolute atomic E-state index is 0.145. The summed E-state index contributed by atoms with van der Waals surface area (Å²) in [6.07, 6.45) is 0. The Hall–Kier alpha value is -4.12. The predicted octanol–water partition coefficient (Wildman–Crippen LogP) is 3.32. The normalized spacial score (nSPS) is 10.8. The van der Waals surface area contributed by atoms with E-state index in [4.69, 9.17) is 4.74 Å². The number of benzene rings is 2. The summed E-state index contributed by atoms with van der Waals surface area (Å²) in [4.78, 5) is 40.3. The topological polar surface area (TPSA) is 129 Å². The van der Waals surface area contributed by atoms with Crippen molar-refractivity contribution in [1.82, 2.24) is 14.8 Å². The molecular weight excluding hydrogens is 422 g/mol. The summed E-state index contributed by atoms with van der Waals surface area (Å²) in [6.45, 7) is 1.58. The molecule has 2 aromatic heterocycles. The van der Waals surface area contributed by atoms with Gasteiger partial charge in [0, 0.05) is 17.8 Å². The van der Waals surface area contributed by atoms with Crippen LogP contribution in [0.5, 0.6) is 5.75 Å². The average Bonchev–Trinajstić information content (AvgIpc) is 3.14. The molecule has 0 radical (unpaired) electrons. The molecule has 10 nitrogen and oxygen atoms in total. The molecule has 0 atom stereocenters. The summed E-state index contributed by atoms with van der Waals surface area (Å²) in [6, 6.07) is 12.4. The first-order valence-corrected chi connectivity index (χ1v) is 9.79. The van der Waals surface area contributed by atoms with Crippen LogP contribution in [-0.4, -0.2) is 32.7 Å². The number of methoxy groups -OCH3 is 1. The first kappa shape index (κ1) is 20.2. The molecule has 0 saturated carbocycles. The third kappa shape index (κ3) is 3.85. The van der Waals surface area contributed by atoms with Gasteiger partial charge >= 0.3 is 0 Å². The van der Waals surface area contributed by atoms with Crippen LogP contribution in [0.25, 0.3) is 15.9 Å². The summed E-state index contributed by atoms with van der Waals surface area (Å²) >= 11 is 1.22. The van der Waals surface area contributed by atoms with E-state index in [1.54, 1.807) is 38.3 Å². The molecule has 0 aliphatic heterocycles. The summed E-state index contributed by atoms with van der Waals surface area (Å²) in [5.74, 6) is -0.107. The number of para-hydroxylation sites is 2. The highest BCUT2D eigenvalue weighted by molar-refractivity contribution is 7.22. The van der Waals surface area contributed by atoms with Gasteiger partial charge in [-0.15, -0.1) is 0 Å². The molecule has 1 N–H and O–H groups in total. The smallest absolute Gasteiger partial charge is 0.294 e. The molecule has 0 aliphatic rings. The number of hydrogen-bond acceptors (Lipinski definition) is 8. The van der Waals surface area contributed by atoms with Crippen LogP contribution in [0, 0.1) is 17.0 Å². The number of thiazole rings is 1. The fraction of sp³-hybridized carbons (Fsp3) is 0.100. The summed E-state index contributed by atoms with van der Waals surface area (Å²) in [7, 11) is 1.55. The van der Waals surface area contributed by atoms with E-state index in [-0.39, 0.29) is 16.5 Å². The number of ether oxygens (including phenoxy) is 1. The number of nitro benzene ring substituents is 1. The van der Waals surface area contributed by atoms with E-state index in [1.807, 2.05) is 0 Å². The highest BCUT2D eigenvalue weighted by atomic mass is 32.1. The minimum Gasteiger partial charge on any atom is -0.497 e. The number of anilines is 1. The number of aromatic nitrogens is 3. The average molecular weight is 437 g/mol. The second-order valence-electron chi connectivity index (χ2n) is 6.46. The minimum atomic E-state index is -0.761. The zero-order valence-corrected chi connectivity index (χ0v) is 17.2. The lowest BCUT2D eigenvalue weighted by atomic mass is 10.2. The lowest BCUT2D eigenvalue weighted by molar-refractivity contribution is -0.384. The van der Waals surface area contributed by atoms with E-state index in [0.29, 0.717) is 17.0 Å². The molecule has 2 heterocycles. The maximum Gasteiger partial charge on any atom is 0.294 e. The number of carbonyl (C=O) groups excluding carboxylic acids is 1. The Morgan fingerprint density at radius 1 is 1.23 bits per heavy atom. The lowest BCUT2D eigenvalue weighted by Crippen LogP contribution is -2.27. The maximum absolute atomic E-state index is 12.8. The number of nitrogens with zero attached hydrogens (tertiary/aromatic N) is 4. The highest BCUT2D eigenvalue weighted by Crippen LogP contribution is 2.29. The quantitative estimate of drug-likeness (QED) is 0.374. The molecule has 0 saturated heterocycles. The molecule has 156 valence electrons. The molecular formula is C20H15N5O5S. The maximum atomic E-state index is 12.8. The monoisotopic (exact) mass is 437 g/mol. The fourth-order valence-corrected chi connectivity index (χ4v) is 3.88. The van der Waals surface area contributed by atoms with Crippen LogP contribution in [0.3, 0.4) is 0 Å². The highest BCUT2D eigenvalue weighted by Gasteiger charge is 2.21. The van der Waals surface area contributed by atoms with Crippen LogP contribution in [0.1, 0.15) is 16.2 Å². The van der Waals surface area contributed by atoms with Gasteiger partial charge in [0.25, 0.3) is 11.6 Å². The van der Waals surface area contributed by atoms with Gasteiger partial charge in [-0.25, -0.2) is 9.67 Å². The first-order valence-electron chi connectivity index (χ1n) is 8.98. The zero-order chi connectivity index (χ0) is 22.1. The van der Waals surface area contributed by atoms with Gasteiger partial charge in [0.05, 0.1) is 22.2 Å². The largest absolute Gasteiger partial charge is 0.497 e. The molecule has 31 heavy (non-hydrogen) atoms. The van der Waals surface area contributed by atoms with Gasteiger partial charge in [0.2, 0.25) is 5.43 Å². The standard InChI is InChI=1S/C20H15N5O5S/c1-11-9-16(26)18(23-24(11)14-5-3-4-6-15(14)25(28)29)19(27)22-20-21-13-8-7-12(30-2)10-17(13)31-20/h3-10H,1-2H3,(H,21,22,27). The second kappa shape index (κ2) is 7.95. The van der Waals surface area contributed by atoms with Gasteiger partial charge in [-0.2, -0.15) is 5.10 Å². The van der Waals surface area contributed by atoms with Crippen LogP contribution in [0.2, 0.25) is 0 Å². The zero-order valence-electron chi connectivity index (χ0n) is 16.4. The van der Waals surface area contributed by atoms with Crippen molar-refractivity contribution < 1.29 is 14.5 Å². The molecule has 0 spiro atoms. The fourth-order valence-electron chi connectivity index (χ4n) is 2.99. The Morgan fingerprint density at radius 3 is 2.74 bits per heavy atom. The van der Waals surface area contributed by atoms with E-state index in [0.717, 1.165) is 4.70 Å². The SMILES string of the molecule is COc1ccc2nc(NC(=O)c3nn(-c4ccccc4[N+](=O)[O-])c(C)cc3=O)sc2c1. The van der Waals surface area contributed by atoms with Crippen molar-refractivity contribution in [3.63, 3.8) is 0 Å². The summed E-state index contributed by atoms with van der Waals surface area (Å²) in [5, 5.41) is 18.3. The molecule has 11 heteroatoms. The van der Waals surface area contributed by atoms with Gasteiger partial charge in [0.1, 0.15) is 11.4 Å². The van der Waals surface area contributed by atoms with Crippen LogP contribution >= 0.6 is 11.3 Å².